The fraction of sp³-hybridized carbons (Fsp3) is 0.400. The molecule has 1 aromatic carbocycles. The van der Waals surface area contributed by atoms with Crippen LogP contribution in [0.15, 0.2) is 24.3 Å². The fourth-order valence-electron chi connectivity index (χ4n) is 2.82. The van der Waals surface area contributed by atoms with Crippen LogP contribution >= 0.6 is 0 Å². The van der Waals surface area contributed by atoms with E-state index in [1.165, 1.54) is 12.7 Å². The lowest BCUT2D eigenvalue weighted by atomic mass is 10.0. The molecule has 1 heterocycles. The monoisotopic (exact) mass is 343 g/mol. The Morgan fingerprint density at radius 2 is 1.64 bits per heavy atom. The summed E-state index contributed by atoms with van der Waals surface area (Å²) in [6.07, 6.45) is -0.663. The SMILES string of the molecule is COC(=O)c1[nH]c(C)c(C(=O)C(C)Oc2ccc(C(C)C)cc2)c1C. The molecular formula is C20H25NO4. The van der Waals surface area contributed by atoms with E-state index in [-0.39, 0.29) is 5.78 Å². The van der Waals surface area contributed by atoms with E-state index in [4.69, 9.17) is 9.47 Å². The van der Waals surface area contributed by atoms with Gasteiger partial charge in [0.25, 0.3) is 0 Å². The van der Waals surface area contributed by atoms with Crippen LogP contribution in [0, 0.1) is 13.8 Å². The van der Waals surface area contributed by atoms with E-state index in [0.29, 0.717) is 34.2 Å². The quantitative estimate of drug-likeness (QED) is 0.631. The third kappa shape index (κ3) is 3.92. The van der Waals surface area contributed by atoms with Gasteiger partial charge in [-0.05, 0) is 49.9 Å². The molecule has 5 heteroatoms. The van der Waals surface area contributed by atoms with E-state index in [9.17, 15) is 9.59 Å². The summed E-state index contributed by atoms with van der Waals surface area (Å²) in [6, 6.07) is 7.74. The number of rotatable bonds is 6. The van der Waals surface area contributed by atoms with E-state index in [0.717, 1.165) is 0 Å². The lowest BCUT2D eigenvalue weighted by Crippen LogP contribution is -2.25. The van der Waals surface area contributed by atoms with Crippen molar-refractivity contribution in [2.24, 2.45) is 0 Å². The number of carbonyl (C=O) groups excluding carboxylic acids is 2. The molecule has 1 N–H and O–H groups in total. The van der Waals surface area contributed by atoms with Crippen molar-refractivity contribution in [1.82, 2.24) is 4.98 Å². The Kier molecular flexibility index (Phi) is 5.67. The van der Waals surface area contributed by atoms with E-state index in [2.05, 4.69) is 18.8 Å². The summed E-state index contributed by atoms with van der Waals surface area (Å²) in [5, 5.41) is 0. The van der Waals surface area contributed by atoms with Gasteiger partial charge in [-0.15, -0.1) is 0 Å². The van der Waals surface area contributed by atoms with Gasteiger partial charge in [-0.25, -0.2) is 4.79 Å². The predicted octanol–water partition coefficient (Wildman–Crippen LogP) is 4.19. The van der Waals surface area contributed by atoms with Crippen molar-refractivity contribution >= 4 is 11.8 Å². The van der Waals surface area contributed by atoms with Gasteiger partial charge in [0.15, 0.2) is 6.10 Å². The Morgan fingerprint density at radius 3 is 2.16 bits per heavy atom. The first kappa shape index (κ1) is 18.8. The van der Waals surface area contributed by atoms with Crippen LogP contribution in [0.5, 0.6) is 5.75 Å². The number of nitrogens with one attached hydrogen (secondary N) is 1. The molecule has 1 atom stereocenters. The van der Waals surface area contributed by atoms with Crippen LogP contribution in [-0.2, 0) is 4.74 Å². The Hall–Kier alpha value is -2.56. The number of H-pyrrole nitrogens is 1. The summed E-state index contributed by atoms with van der Waals surface area (Å²) >= 11 is 0. The number of ketones is 1. The fourth-order valence-corrected chi connectivity index (χ4v) is 2.82. The van der Waals surface area contributed by atoms with Gasteiger partial charge in [-0.1, -0.05) is 26.0 Å². The van der Waals surface area contributed by atoms with Crippen molar-refractivity contribution in [1.29, 1.82) is 0 Å². The van der Waals surface area contributed by atoms with E-state index < -0.39 is 12.1 Å². The van der Waals surface area contributed by atoms with Gasteiger partial charge in [-0.2, -0.15) is 0 Å². The first-order valence-corrected chi connectivity index (χ1v) is 8.34. The van der Waals surface area contributed by atoms with Crippen molar-refractivity contribution < 1.29 is 19.1 Å². The van der Waals surface area contributed by atoms with Gasteiger partial charge in [0.1, 0.15) is 11.4 Å². The van der Waals surface area contributed by atoms with Gasteiger partial charge >= 0.3 is 5.97 Å². The standard InChI is InChI=1S/C20H25NO4/c1-11(2)15-7-9-16(10-8-15)25-14(5)19(22)17-12(3)18(20(23)24-6)21-13(17)4/h7-11,14,21H,1-6H3. The minimum atomic E-state index is -0.663. The van der Waals surface area contributed by atoms with E-state index >= 15 is 0 Å². The third-order valence-electron chi connectivity index (χ3n) is 4.30. The predicted molar refractivity (Wildman–Crippen MR) is 96.6 cm³/mol. The molecule has 0 radical (unpaired) electrons. The summed E-state index contributed by atoms with van der Waals surface area (Å²) in [5.74, 6) is 0.422. The van der Waals surface area contributed by atoms with Crippen molar-refractivity contribution in [3.8, 4) is 5.75 Å². The first-order chi connectivity index (χ1) is 11.8. The normalized spacial score (nSPS) is 12.1. The summed E-state index contributed by atoms with van der Waals surface area (Å²) in [4.78, 5) is 27.5. The van der Waals surface area contributed by atoms with Gasteiger partial charge in [-0.3, -0.25) is 4.79 Å². The lowest BCUT2D eigenvalue weighted by molar-refractivity contribution is 0.0594. The molecule has 2 rings (SSSR count). The molecule has 0 fully saturated rings. The third-order valence-corrected chi connectivity index (χ3v) is 4.30. The molecule has 0 aliphatic carbocycles. The molecule has 0 amide bonds. The summed E-state index contributed by atoms with van der Waals surface area (Å²) in [5.41, 5.74) is 3.21. The number of aromatic amines is 1. The first-order valence-electron chi connectivity index (χ1n) is 8.34. The van der Waals surface area contributed by atoms with Gasteiger partial charge in [0.05, 0.1) is 7.11 Å². The number of ether oxygens (including phenoxy) is 2. The van der Waals surface area contributed by atoms with Crippen LogP contribution < -0.4 is 4.74 Å². The maximum absolute atomic E-state index is 12.8. The smallest absolute Gasteiger partial charge is 0.354 e. The van der Waals surface area contributed by atoms with Crippen molar-refractivity contribution in [2.45, 2.75) is 46.6 Å². The number of aryl methyl sites for hydroxylation is 1. The second-order valence-electron chi connectivity index (χ2n) is 6.46. The van der Waals surface area contributed by atoms with Crippen LogP contribution in [0.3, 0.4) is 0 Å². The largest absolute Gasteiger partial charge is 0.483 e. The number of esters is 1. The lowest BCUT2D eigenvalue weighted by Gasteiger charge is -2.15. The molecular weight excluding hydrogens is 318 g/mol. The zero-order valence-electron chi connectivity index (χ0n) is 15.6. The maximum Gasteiger partial charge on any atom is 0.354 e. The molecule has 0 saturated carbocycles. The summed E-state index contributed by atoms with van der Waals surface area (Å²) in [7, 11) is 1.31. The second-order valence-corrected chi connectivity index (χ2v) is 6.46. The van der Waals surface area contributed by atoms with Gasteiger partial charge < -0.3 is 14.5 Å². The van der Waals surface area contributed by atoms with Crippen molar-refractivity contribution in [3.63, 3.8) is 0 Å². The zero-order valence-corrected chi connectivity index (χ0v) is 15.6. The minimum Gasteiger partial charge on any atom is -0.483 e. The molecule has 0 bridgehead atoms. The molecule has 25 heavy (non-hydrogen) atoms. The Balaban J connectivity index is 2.20. The highest BCUT2D eigenvalue weighted by atomic mass is 16.5. The van der Waals surface area contributed by atoms with Crippen molar-refractivity contribution in [3.05, 3.63) is 52.3 Å². The molecule has 2 aromatic rings. The average molecular weight is 343 g/mol. The summed E-state index contributed by atoms with van der Waals surface area (Å²) < 4.78 is 10.5. The molecule has 0 aliphatic heterocycles. The highest BCUT2D eigenvalue weighted by molar-refractivity contribution is 6.04. The number of carbonyl (C=O) groups is 2. The Labute approximate surface area is 148 Å². The average Bonchev–Trinajstić information content (AvgIpc) is 2.88. The topological polar surface area (TPSA) is 68.4 Å². The van der Waals surface area contributed by atoms with Crippen LogP contribution in [0.25, 0.3) is 0 Å². The number of hydrogen-bond donors (Lipinski definition) is 1. The van der Waals surface area contributed by atoms with E-state index in [1.54, 1.807) is 20.8 Å². The Morgan fingerprint density at radius 1 is 1.04 bits per heavy atom. The molecule has 0 aliphatic rings. The molecule has 0 saturated heterocycles. The number of benzene rings is 1. The second kappa shape index (κ2) is 7.55. The maximum atomic E-state index is 12.8. The van der Waals surface area contributed by atoms with Gasteiger partial charge in [0.2, 0.25) is 5.78 Å². The molecule has 134 valence electrons. The van der Waals surface area contributed by atoms with Crippen LogP contribution in [0.2, 0.25) is 0 Å². The van der Waals surface area contributed by atoms with Crippen LogP contribution in [0.4, 0.5) is 0 Å². The number of methoxy groups -OCH3 is 1. The molecule has 5 nitrogen and oxygen atoms in total. The molecule has 1 unspecified atom stereocenters. The Bertz CT molecular complexity index is 772. The zero-order chi connectivity index (χ0) is 18.7. The number of aromatic nitrogens is 1. The van der Waals surface area contributed by atoms with Crippen molar-refractivity contribution in [2.75, 3.05) is 7.11 Å². The number of hydrogen-bond acceptors (Lipinski definition) is 4. The minimum absolute atomic E-state index is 0.172. The highest BCUT2D eigenvalue weighted by Gasteiger charge is 2.26. The molecule has 0 spiro atoms. The van der Waals surface area contributed by atoms with Crippen LogP contribution in [-0.4, -0.2) is 30.0 Å². The van der Waals surface area contributed by atoms with E-state index in [1.807, 2.05) is 24.3 Å². The van der Waals surface area contributed by atoms with Crippen LogP contribution in [0.1, 0.15) is 64.4 Å². The highest BCUT2D eigenvalue weighted by Crippen LogP contribution is 2.23. The molecule has 1 aromatic heterocycles. The number of Topliss-reactive ketones (excluding diaryl/α,β-unsaturated/α-hetero) is 1. The van der Waals surface area contributed by atoms with Gasteiger partial charge in [0, 0.05) is 11.3 Å². The summed E-state index contributed by atoms with van der Waals surface area (Å²) in [6.45, 7) is 9.45.